The Hall–Kier alpha value is -0.576. The number of hydrogen-bond acceptors (Lipinski definition) is 1. The van der Waals surface area contributed by atoms with Crippen LogP contribution in [0.3, 0.4) is 0 Å². The van der Waals surface area contributed by atoms with E-state index in [1.807, 2.05) is 24.3 Å². The summed E-state index contributed by atoms with van der Waals surface area (Å²) in [6, 6.07) is 12.6. The Labute approximate surface area is 104 Å². The van der Waals surface area contributed by atoms with Crippen molar-refractivity contribution in [2.24, 2.45) is 0 Å². The van der Waals surface area contributed by atoms with Gasteiger partial charge in [0, 0.05) is 38.8 Å². The molecule has 0 N–H and O–H groups in total. The number of benzene rings is 1. The first-order valence-electron chi connectivity index (χ1n) is 3.65. The predicted molar refractivity (Wildman–Crippen MR) is 48.8 cm³/mol. The average Bonchev–Trinajstić information content (AvgIpc) is 2.17. The van der Waals surface area contributed by atoms with Gasteiger partial charge in [-0.3, -0.25) is 11.1 Å². The first-order chi connectivity index (χ1) is 5.75. The number of nitriles is 1. The van der Waals surface area contributed by atoms with Crippen molar-refractivity contribution < 1.29 is 32.7 Å². The second kappa shape index (κ2) is 5.97. The Morgan fingerprint density at radius 1 is 1.54 bits per heavy atom. The van der Waals surface area contributed by atoms with Crippen LogP contribution in [-0.4, -0.2) is 0 Å². The fraction of sp³-hybridized carbons (Fsp3) is 0.0909. The molecular formula is C11H9NY-2. The standard InChI is InChI=1S/C11H9N.Y/c1-9(8-12)10(2)11-6-4-3-5-7-11;/h3-6H,2H2,1H3;/q-2;/b10-9+;. The van der Waals surface area contributed by atoms with E-state index in [9.17, 15) is 0 Å². The molecule has 0 aliphatic carbocycles. The molecule has 1 radical (unpaired) electrons. The van der Waals surface area contributed by atoms with Gasteiger partial charge in [0.1, 0.15) is 0 Å². The minimum atomic E-state index is 0. The van der Waals surface area contributed by atoms with E-state index in [4.69, 9.17) is 5.26 Å². The first kappa shape index (κ1) is 12.4. The van der Waals surface area contributed by atoms with Gasteiger partial charge in [0.2, 0.25) is 0 Å². The van der Waals surface area contributed by atoms with Gasteiger partial charge in [-0.1, -0.05) is 6.92 Å². The molecular weight excluding hydrogens is 235 g/mol. The molecule has 0 spiro atoms. The molecule has 1 aromatic carbocycles. The molecule has 0 fully saturated rings. The zero-order valence-electron chi connectivity index (χ0n) is 7.54. The van der Waals surface area contributed by atoms with Crippen LogP contribution in [0, 0.1) is 24.3 Å². The molecule has 13 heavy (non-hydrogen) atoms. The van der Waals surface area contributed by atoms with E-state index < -0.39 is 0 Å². The maximum atomic E-state index is 8.60. The fourth-order valence-corrected chi connectivity index (χ4v) is 0.851. The van der Waals surface area contributed by atoms with Crippen LogP contribution in [0.15, 0.2) is 29.8 Å². The average molecular weight is 244 g/mol. The summed E-state index contributed by atoms with van der Waals surface area (Å²) in [4.78, 5) is 0. The summed E-state index contributed by atoms with van der Waals surface area (Å²) >= 11 is 0. The second-order valence-corrected chi connectivity index (χ2v) is 2.49. The van der Waals surface area contributed by atoms with Crippen molar-refractivity contribution in [1.82, 2.24) is 0 Å². The summed E-state index contributed by atoms with van der Waals surface area (Å²) in [6.45, 7) is 5.56. The van der Waals surface area contributed by atoms with Gasteiger partial charge >= 0.3 is 0 Å². The van der Waals surface area contributed by atoms with Gasteiger partial charge in [0.05, 0.1) is 0 Å². The van der Waals surface area contributed by atoms with Crippen molar-refractivity contribution in [3.63, 3.8) is 0 Å². The molecule has 0 saturated heterocycles. The van der Waals surface area contributed by atoms with Gasteiger partial charge in [-0.2, -0.15) is 12.1 Å². The van der Waals surface area contributed by atoms with Crippen LogP contribution in [0.25, 0.3) is 5.57 Å². The van der Waals surface area contributed by atoms with Crippen LogP contribution in [0.2, 0.25) is 0 Å². The van der Waals surface area contributed by atoms with Crippen LogP contribution in [0.1, 0.15) is 12.5 Å². The monoisotopic (exact) mass is 244 g/mol. The molecule has 1 nitrogen and oxygen atoms in total. The largest absolute Gasteiger partial charge is 0.258 e. The van der Waals surface area contributed by atoms with Gasteiger partial charge in [0.25, 0.3) is 0 Å². The molecule has 0 amide bonds. The Kier molecular flexibility index (Phi) is 5.70. The van der Waals surface area contributed by atoms with Crippen LogP contribution >= 0.6 is 0 Å². The first-order valence-corrected chi connectivity index (χ1v) is 3.65. The predicted octanol–water partition coefficient (Wildman–Crippen LogP) is 2.62. The fourth-order valence-electron chi connectivity index (χ4n) is 0.851. The van der Waals surface area contributed by atoms with Crippen LogP contribution in [0.5, 0.6) is 0 Å². The summed E-state index contributed by atoms with van der Waals surface area (Å²) in [6.07, 6.45) is 0. The molecule has 0 unspecified atom stereocenters. The van der Waals surface area contributed by atoms with Crippen LogP contribution in [0.4, 0.5) is 0 Å². The number of rotatable bonds is 1. The smallest absolute Gasteiger partial charge is 0.0171 e. The van der Waals surface area contributed by atoms with E-state index in [-0.39, 0.29) is 32.7 Å². The van der Waals surface area contributed by atoms with E-state index in [1.54, 1.807) is 6.92 Å². The molecule has 1 aromatic rings. The number of hydrogen-bond donors (Lipinski definition) is 0. The molecule has 0 aliphatic heterocycles. The van der Waals surface area contributed by atoms with E-state index in [2.05, 4.69) is 19.1 Å². The summed E-state index contributed by atoms with van der Waals surface area (Å²) in [5.41, 5.74) is 2.27. The van der Waals surface area contributed by atoms with E-state index in [0.717, 1.165) is 11.1 Å². The summed E-state index contributed by atoms with van der Waals surface area (Å²) in [7, 11) is 0. The van der Waals surface area contributed by atoms with Gasteiger partial charge in [-0.15, -0.1) is 11.6 Å². The Balaban J connectivity index is 0.00000144. The van der Waals surface area contributed by atoms with Crippen molar-refractivity contribution in [2.45, 2.75) is 6.92 Å². The van der Waals surface area contributed by atoms with Crippen molar-refractivity contribution >= 4 is 5.57 Å². The third-order valence-electron chi connectivity index (χ3n) is 1.65. The Bertz CT molecular complexity index is 333. The van der Waals surface area contributed by atoms with E-state index in [1.165, 1.54) is 0 Å². The van der Waals surface area contributed by atoms with Gasteiger partial charge in [-0.05, 0) is 0 Å². The van der Waals surface area contributed by atoms with Gasteiger partial charge in [0.15, 0.2) is 0 Å². The normalized spacial score (nSPS) is 10.8. The van der Waals surface area contributed by atoms with Crippen molar-refractivity contribution in [3.05, 3.63) is 48.4 Å². The van der Waals surface area contributed by atoms with Crippen LogP contribution < -0.4 is 0 Å². The third-order valence-corrected chi connectivity index (χ3v) is 1.65. The van der Waals surface area contributed by atoms with Crippen LogP contribution in [-0.2, 0) is 32.7 Å². The quantitative estimate of drug-likeness (QED) is 0.550. The van der Waals surface area contributed by atoms with E-state index >= 15 is 0 Å². The summed E-state index contributed by atoms with van der Waals surface area (Å²) in [5.74, 6) is 0. The molecule has 63 valence electrons. The zero-order valence-corrected chi connectivity index (χ0v) is 10.4. The van der Waals surface area contributed by atoms with Crippen molar-refractivity contribution in [3.8, 4) is 6.07 Å². The summed E-state index contributed by atoms with van der Waals surface area (Å²) < 4.78 is 0. The number of nitrogens with zero attached hydrogens (tertiary/aromatic N) is 1. The zero-order chi connectivity index (χ0) is 8.97. The Morgan fingerprint density at radius 2 is 2.23 bits per heavy atom. The maximum Gasteiger partial charge on any atom is 0.0171 e. The van der Waals surface area contributed by atoms with Gasteiger partial charge in [-0.25, -0.2) is 24.3 Å². The van der Waals surface area contributed by atoms with Gasteiger partial charge < -0.3 is 0 Å². The molecule has 2 heteroatoms. The molecule has 0 aliphatic rings. The number of allylic oxidation sites excluding steroid dienone is 2. The minimum absolute atomic E-state index is 0. The molecule has 1 rings (SSSR count). The second-order valence-electron chi connectivity index (χ2n) is 2.49. The molecule has 0 aromatic heterocycles. The third kappa shape index (κ3) is 3.34. The molecule has 0 atom stereocenters. The molecule has 0 heterocycles. The molecule has 0 saturated carbocycles. The topological polar surface area (TPSA) is 23.8 Å². The van der Waals surface area contributed by atoms with E-state index in [0.29, 0.717) is 5.57 Å². The van der Waals surface area contributed by atoms with Crippen molar-refractivity contribution in [1.29, 1.82) is 5.26 Å². The molecule has 0 bridgehead atoms. The Morgan fingerprint density at radius 3 is 2.69 bits per heavy atom. The SMILES string of the molecule is [CH2-]/C(=C(/C)C#N)c1[c-]cccc1.[Y]. The maximum absolute atomic E-state index is 8.60. The minimum Gasteiger partial charge on any atom is -0.258 e. The summed E-state index contributed by atoms with van der Waals surface area (Å²) in [5, 5.41) is 8.60. The van der Waals surface area contributed by atoms with Crippen molar-refractivity contribution in [2.75, 3.05) is 0 Å².